The third kappa shape index (κ3) is 2.04. The summed E-state index contributed by atoms with van der Waals surface area (Å²) in [4.78, 5) is 52.6. The largest absolute Gasteiger partial charge is 0.288 e. The first-order valence-electron chi connectivity index (χ1n) is 8.55. The van der Waals surface area contributed by atoms with E-state index in [4.69, 9.17) is 0 Å². The second-order valence-corrected chi connectivity index (χ2v) is 6.50. The zero-order chi connectivity index (χ0) is 19.4. The first-order chi connectivity index (χ1) is 13.6. The molecule has 2 aromatic carbocycles. The second-order valence-electron chi connectivity index (χ2n) is 6.50. The average Bonchev–Trinajstić information content (AvgIpc) is 2.75. The van der Waals surface area contributed by atoms with Crippen molar-refractivity contribution >= 4 is 39.3 Å². The number of aromatic nitrogens is 3. The van der Waals surface area contributed by atoms with Crippen LogP contribution in [-0.4, -0.2) is 44.5 Å². The number of nitrogens with zero attached hydrogens (tertiary/aromatic N) is 4. The Morgan fingerprint density at radius 1 is 0.964 bits per heavy atom. The van der Waals surface area contributed by atoms with Gasteiger partial charge in [0, 0.05) is 58.5 Å². The topological polar surface area (TPSA) is 93.1 Å². The number of benzene rings is 2. The molecular weight excluding hydrogens is 356 g/mol. The average molecular weight is 368 g/mol. The number of ketones is 1. The molecule has 0 saturated carbocycles. The molecule has 1 aliphatic rings. The summed E-state index contributed by atoms with van der Waals surface area (Å²) in [7, 11) is 1.41. The van der Waals surface area contributed by atoms with Gasteiger partial charge >= 0.3 is 0 Å². The van der Waals surface area contributed by atoms with Gasteiger partial charge in [-0.2, -0.15) is 0 Å². The van der Waals surface area contributed by atoms with Crippen LogP contribution in [0.25, 0.3) is 21.7 Å². The lowest BCUT2D eigenvalue weighted by Crippen LogP contribution is -2.38. The molecule has 1 aliphatic heterocycles. The monoisotopic (exact) mass is 368 g/mol. The fourth-order valence-electron chi connectivity index (χ4n) is 3.72. The Labute approximate surface area is 158 Å². The van der Waals surface area contributed by atoms with Crippen LogP contribution < -0.4 is 0 Å². The van der Waals surface area contributed by atoms with Gasteiger partial charge in [-0.15, -0.1) is 0 Å². The van der Waals surface area contributed by atoms with Crippen molar-refractivity contribution in [2.45, 2.75) is 0 Å². The van der Waals surface area contributed by atoms with Crippen LogP contribution in [0.15, 0.2) is 55.2 Å². The van der Waals surface area contributed by atoms with Crippen molar-refractivity contribution in [1.29, 1.82) is 0 Å². The molecule has 0 bridgehead atoms. The number of carbonyl (C=O) groups is 3. The molecule has 7 heteroatoms. The highest BCUT2D eigenvalue weighted by Gasteiger charge is 2.36. The van der Waals surface area contributed by atoms with Gasteiger partial charge < -0.3 is 0 Å². The molecule has 4 aromatic rings. The number of fused-ring (bicyclic) bond motifs is 2. The molecule has 134 valence electrons. The van der Waals surface area contributed by atoms with Gasteiger partial charge in [-0.05, 0) is 18.2 Å². The molecular formula is C21H12N4O3. The SMILES string of the molecule is CN1C(=O)c2cccc3c2c(c(C(=O)c2cccnc2)c2cncnc23)C1=O. The Bertz CT molecular complexity index is 1330. The van der Waals surface area contributed by atoms with Gasteiger partial charge in [0.2, 0.25) is 0 Å². The van der Waals surface area contributed by atoms with Crippen LogP contribution in [0.3, 0.4) is 0 Å². The van der Waals surface area contributed by atoms with Crippen molar-refractivity contribution in [3.8, 4) is 0 Å². The van der Waals surface area contributed by atoms with E-state index in [1.165, 1.54) is 25.8 Å². The van der Waals surface area contributed by atoms with Crippen molar-refractivity contribution in [1.82, 2.24) is 19.9 Å². The van der Waals surface area contributed by atoms with Gasteiger partial charge in [0.15, 0.2) is 5.78 Å². The second kappa shape index (κ2) is 5.75. The minimum absolute atomic E-state index is 0.188. The van der Waals surface area contributed by atoms with Crippen LogP contribution in [0, 0.1) is 0 Å². The maximum absolute atomic E-state index is 13.4. The molecule has 5 rings (SSSR count). The Morgan fingerprint density at radius 2 is 1.82 bits per heavy atom. The minimum Gasteiger partial charge on any atom is -0.288 e. The summed E-state index contributed by atoms with van der Waals surface area (Å²) >= 11 is 0. The lowest BCUT2D eigenvalue weighted by atomic mass is 9.85. The fourth-order valence-corrected chi connectivity index (χ4v) is 3.72. The number of imide groups is 1. The summed E-state index contributed by atoms with van der Waals surface area (Å²) in [6.45, 7) is 0. The maximum Gasteiger partial charge on any atom is 0.261 e. The van der Waals surface area contributed by atoms with Crippen molar-refractivity contribution < 1.29 is 14.4 Å². The summed E-state index contributed by atoms with van der Waals surface area (Å²) in [5.41, 5.74) is 1.62. The third-order valence-corrected chi connectivity index (χ3v) is 5.01. The Kier molecular flexibility index (Phi) is 3.33. The number of hydrogen-bond donors (Lipinski definition) is 0. The molecule has 7 nitrogen and oxygen atoms in total. The lowest BCUT2D eigenvalue weighted by molar-refractivity contribution is 0.0648. The molecule has 0 radical (unpaired) electrons. The van der Waals surface area contributed by atoms with Crippen molar-refractivity contribution in [3.05, 3.63) is 77.5 Å². The van der Waals surface area contributed by atoms with Gasteiger partial charge in [0.1, 0.15) is 6.33 Å². The Balaban J connectivity index is 2.02. The zero-order valence-electron chi connectivity index (χ0n) is 14.7. The number of amides is 2. The summed E-state index contributed by atoms with van der Waals surface area (Å²) in [6, 6.07) is 8.48. The van der Waals surface area contributed by atoms with Gasteiger partial charge in [0.05, 0.1) is 11.1 Å². The smallest absolute Gasteiger partial charge is 0.261 e. The van der Waals surface area contributed by atoms with Crippen LogP contribution in [0.1, 0.15) is 36.6 Å². The molecule has 3 heterocycles. The van der Waals surface area contributed by atoms with Crippen molar-refractivity contribution in [3.63, 3.8) is 0 Å². The molecule has 2 amide bonds. The highest BCUT2D eigenvalue weighted by molar-refractivity contribution is 6.35. The first kappa shape index (κ1) is 16.2. The first-order valence-corrected chi connectivity index (χ1v) is 8.55. The Hall–Kier alpha value is -4.00. The molecule has 0 unspecified atom stereocenters. The van der Waals surface area contributed by atoms with E-state index in [-0.39, 0.29) is 16.9 Å². The summed E-state index contributed by atoms with van der Waals surface area (Å²) < 4.78 is 0. The Morgan fingerprint density at radius 3 is 2.61 bits per heavy atom. The third-order valence-electron chi connectivity index (χ3n) is 5.01. The van der Waals surface area contributed by atoms with Gasteiger partial charge in [0.25, 0.3) is 11.8 Å². The lowest BCUT2D eigenvalue weighted by Gasteiger charge is -2.26. The zero-order valence-corrected chi connectivity index (χ0v) is 14.7. The van der Waals surface area contributed by atoms with E-state index < -0.39 is 11.8 Å². The van der Waals surface area contributed by atoms with E-state index in [1.807, 2.05) is 0 Å². The molecule has 2 aromatic heterocycles. The van der Waals surface area contributed by atoms with Crippen molar-refractivity contribution in [2.75, 3.05) is 7.05 Å². The molecule has 0 spiro atoms. The molecule has 0 atom stereocenters. The van der Waals surface area contributed by atoms with E-state index >= 15 is 0 Å². The molecule has 28 heavy (non-hydrogen) atoms. The molecule has 0 saturated heterocycles. The van der Waals surface area contributed by atoms with Gasteiger partial charge in [-0.1, -0.05) is 12.1 Å². The van der Waals surface area contributed by atoms with Crippen LogP contribution >= 0.6 is 0 Å². The quantitative estimate of drug-likeness (QED) is 0.307. The van der Waals surface area contributed by atoms with Gasteiger partial charge in [-0.25, -0.2) is 9.97 Å². The van der Waals surface area contributed by atoms with Crippen LogP contribution in [0.2, 0.25) is 0 Å². The predicted molar refractivity (Wildman–Crippen MR) is 101 cm³/mol. The maximum atomic E-state index is 13.4. The molecule has 0 aliphatic carbocycles. The fraction of sp³-hybridized carbons (Fsp3) is 0.0476. The number of hydrogen-bond acceptors (Lipinski definition) is 6. The van der Waals surface area contributed by atoms with E-state index in [0.29, 0.717) is 32.8 Å². The summed E-state index contributed by atoms with van der Waals surface area (Å²) in [5, 5.41) is 1.56. The minimum atomic E-state index is -0.522. The molecule has 0 fully saturated rings. The normalized spacial score (nSPS) is 13.4. The predicted octanol–water partition coefficient (Wildman–Crippen LogP) is 2.63. The standard InChI is InChI=1S/C21H12N4O3/c1-25-20(27)13-6-2-5-12-15(13)17(21(25)28)16(14-9-23-10-24-18(12)14)19(26)11-4-3-7-22-8-11/h2-10H,1H3. The van der Waals surface area contributed by atoms with E-state index in [9.17, 15) is 14.4 Å². The van der Waals surface area contributed by atoms with E-state index in [0.717, 1.165) is 4.90 Å². The summed E-state index contributed by atoms with van der Waals surface area (Å²) in [5.74, 6) is -1.29. The molecule has 0 N–H and O–H groups in total. The summed E-state index contributed by atoms with van der Waals surface area (Å²) in [6.07, 6.45) is 5.92. The van der Waals surface area contributed by atoms with E-state index in [2.05, 4.69) is 15.0 Å². The van der Waals surface area contributed by atoms with Gasteiger partial charge in [-0.3, -0.25) is 24.3 Å². The highest BCUT2D eigenvalue weighted by Crippen LogP contribution is 2.38. The van der Waals surface area contributed by atoms with Crippen LogP contribution in [0.5, 0.6) is 0 Å². The number of carbonyl (C=O) groups excluding carboxylic acids is 3. The highest BCUT2D eigenvalue weighted by atomic mass is 16.2. The van der Waals surface area contributed by atoms with E-state index in [1.54, 1.807) is 36.5 Å². The number of pyridine rings is 1. The van der Waals surface area contributed by atoms with Crippen LogP contribution in [-0.2, 0) is 0 Å². The van der Waals surface area contributed by atoms with Crippen LogP contribution in [0.4, 0.5) is 0 Å². The van der Waals surface area contributed by atoms with Crippen molar-refractivity contribution in [2.24, 2.45) is 0 Å². The number of rotatable bonds is 2.